The number of nitrogens with zero attached hydrogens (tertiary/aromatic N) is 2. The van der Waals surface area contributed by atoms with Gasteiger partial charge in [-0.05, 0) is 43.7 Å². The smallest absolute Gasteiger partial charge is 0.343 e. The number of non-ortho nitro benzene ring substituents is 1. The molecule has 1 aliphatic heterocycles. The Hall–Kier alpha value is -5.04. The molecule has 0 amide bonds. The molecule has 1 heterocycles. The van der Waals surface area contributed by atoms with Gasteiger partial charge in [-0.2, -0.15) is 5.26 Å². The molecule has 0 spiro atoms. The Labute approximate surface area is 212 Å². The molecule has 37 heavy (non-hydrogen) atoms. The first-order valence-corrected chi connectivity index (χ1v) is 11.4. The molecule has 3 aromatic rings. The molecule has 1 atom stereocenters. The third-order valence-corrected chi connectivity index (χ3v) is 5.59. The van der Waals surface area contributed by atoms with Crippen LogP contribution in [-0.2, 0) is 0 Å². The first-order chi connectivity index (χ1) is 17.9. The SMILES string of the molecule is CCOc1ccc(C2C(C#N)=C(N)Oc3cc(OC(=O)c4cccc([N+](=O)[O-])c4)ccc32)cc1OCC. The van der Waals surface area contributed by atoms with E-state index in [1.165, 1.54) is 24.3 Å². The van der Waals surface area contributed by atoms with Crippen molar-refractivity contribution in [1.82, 2.24) is 0 Å². The fourth-order valence-electron chi connectivity index (χ4n) is 4.00. The average molecular weight is 501 g/mol. The lowest BCUT2D eigenvalue weighted by atomic mass is 9.83. The summed E-state index contributed by atoms with van der Waals surface area (Å²) in [6, 6.07) is 17.5. The number of carbonyl (C=O) groups is 1. The number of fused-ring (bicyclic) bond motifs is 1. The second-order valence-corrected chi connectivity index (χ2v) is 7.89. The van der Waals surface area contributed by atoms with Crippen molar-refractivity contribution in [2.75, 3.05) is 13.2 Å². The standard InChI is InChI=1S/C27H23N3O7/c1-3-34-22-11-8-16(13-24(22)35-4-2)25-20-10-9-19(14-23(20)37-26(29)21(25)15-28)36-27(31)17-6-5-7-18(12-17)30(32)33/h5-14,25H,3-4,29H2,1-2H3. The van der Waals surface area contributed by atoms with Gasteiger partial charge in [0.2, 0.25) is 5.88 Å². The highest BCUT2D eigenvalue weighted by molar-refractivity contribution is 5.91. The molecule has 4 rings (SSSR count). The number of benzene rings is 3. The number of hydrogen-bond donors (Lipinski definition) is 1. The Morgan fingerprint density at radius 1 is 1.08 bits per heavy atom. The number of carbonyl (C=O) groups excluding carboxylic acids is 1. The molecular weight excluding hydrogens is 478 g/mol. The van der Waals surface area contributed by atoms with E-state index in [0.717, 1.165) is 11.6 Å². The highest BCUT2D eigenvalue weighted by Gasteiger charge is 2.32. The highest BCUT2D eigenvalue weighted by Crippen LogP contribution is 2.45. The van der Waals surface area contributed by atoms with E-state index in [1.54, 1.807) is 24.3 Å². The average Bonchev–Trinajstić information content (AvgIpc) is 2.89. The molecule has 10 nitrogen and oxygen atoms in total. The summed E-state index contributed by atoms with van der Waals surface area (Å²) in [5.41, 5.74) is 7.49. The van der Waals surface area contributed by atoms with Crippen molar-refractivity contribution in [2.45, 2.75) is 19.8 Å². The molecule has 0 radical (unpaired) electrons. The van der Waals surface area contributed by atoms with E-state index in [-0.39, 0.29) is 28.5 Å². The molecule has 0 saturated carbocycles. The molecule has 0 aromatic heterocycles. The number of nitro benzene ring substituents is 1. The van der Waals surface area contributed by atoms with Crippen molar-refractivity contribution < 1.29 is 28.7 Å². The quantitative estimate of drug-likeness (QED) is 0.198. The second kappa shape index (κ2) is 10.7. The summed E-state index contributed by atoms with van der Waals surface area (Å²) in [7, 11) is 0. The summed E-state index contributed by atoms with van der Waals surface area (Å²) in [6.07, 6.45) is 0. The second-order valence-electron chi connectivity index (χ2n) is 7.89. The van der Waals surface area contributed by atoms with Crippen molar-refractivity contribution in [3.63, 3.8) is 0 Å². The lowest BCUT2D eigenvalue weighted by Crippen LogP contribution is -2.21. The van der Waals surface area contributed by atoms with Gasteiger partial charge < -0.3 is 24.7 Å². The maximum absolute atomic E-state index is 12.6. The van der Waals surface area contributed by atoms with Crippen LogP contribution in [0.25, 0.3) is 0 Å². The maximum atomic E-state index is 12.6. The third-order valence-electron chi connectivity index (χ3n) is 5.59. The Balaban J connectivity index is 1.69. The lowest BCUT2D eigenvalue weighted by Gasteiger charge is -2.27. The number of allylic oxidation sites excluding steroid dienone is 1. The van der Waals surface area contributed by atoms with Crippen LogP contribution in [0.4, 0.5) is 5.69 Å². The summed E-state index contributed by atoms with van der Waals surface area (Å²) in [4.78, 5) is 23.0. The van der Waals surface area contributed by atoms with Gasteiger partial charge in [-0.3, -0.25) is 10.1 Å². The predicted molar refractivity (Wildman–Crippen MR) is 133 cm³/mol. The largest absolute Gasteiger partial charge is 0.490 e. The zero-order chi connectivity index (χ0) is 26.5. The molecule has 188 valence electrons. The van der Waals surface area contributed by atoms with Crippen LogP contribution < -0.4 is 24.7 Å². The van der Waals surface area contributed by atoms with Gasteiger partial charge in [-0.25, -0.2) is 4.79 Å². The fourth-order valence-corrected chi connectivity index (χ4v) is 4.00. The number of ether oxygens (including phenoxy) is 4. The van der Waals surface area contributed by atoms with Crippen LogP contribution in [0.2, 0.25) is 0 Å². The van der Waals surface area contributed by atoms with E-state index >= 15 is 0 Å². The summed E-state index contributed by atoms with van der Waals surface area (Å²) in [5.74, 6) is 0.151. The fraction of sp³-hybridized carbons (Fsp3) is 0.185. The van der Waals surface area contributed by atoms with Crippen molar-refractivity contribution in [2.24, 2.45) is 5.73 Å². The number of esters is 1. The van der Waals surface area contributed by atoms with Crippen molar-refractivity contribution in [1.29, 1.82) is 5.26 Å². The van der Waals surface area contributed by atoms with Crippen LogP contribution in [0.3, 0.4) is 0 Å². The minimum absolute atomic E-state index is 0.0229. The van der Waals surface area contributed by atoms with Crippen LogP contribution in [0.15, 0.2) is 72.1 Å². The van der Waals surface area contributed by atoms with E-state index in [2.05, 4.69) is 6.07 Å². The Morgan fingerprint density at radius 3 is 2.54 bits per heavy atom. The van der Waals surface area contributed by atoms with Gasteiger partial charge in [0, 0.05) is 23.8 Å². The van der Waals surface area contributed by atoms with Crippen LogP contribution in [0.5, 0.6) is 23.0 Å². The van der Waals surface area contributed by atoms with E-state index in [9.17, 15) is 20.2 Å². The Morgan fingerprint density at radius 2 is 1.84 bits per heavy atom. The van der Waals surface area contributed by atoms with E-state index < -0.39 is 16.8 Å². The summed E-state index contributed by atoms with van der Waals surface area (Å²) < 4.78 is 22.5. The topological polar surface area (TPSA) is 147 Å². The number of nitrogens with two attached hydrogens (primary N) is 1. The van der Waals surface area contributed by atoms with Crippen LogP contribution in [-0.4, -0.2) is 24.1 Å². The van der Waals surface area contributed by atoms with Crippen LogP contribution >= 0.6 is 0 Å². The summed E-state index contributed by atoms with van der Waals surface area (Å²) in [6.45, 7) is 4.63. The lowest BCUT2D eigenvalue weighted by molar-refractivity contribution is -0.384. The van der Waals surface area contributed by atoms with Crippen molar-refractivity contribution in [3.05, 3.63) is 98.9 Å². The van der Waals surface area contributed by atoms with Gasteiger partial charge in [-0.15, -0.1) is 0 Å². The monoisotopic (exact) mass is 501 g/mol. The van der Waals surface area contributed by atoms with Crippen molar-refractivity contribution in [3.8, 4) is 29.1 Å². The molecule has 10 heteroatoms. The minimum Gasteiger partial charge on any atom is -0.490 e. The first kappa shape index (κ1) is 25.1. The molecule has 2 N–H and O–H groups in total. The molecule has 0 aliphatic carbocycles. The normalized spacial score (nSPS) is 14.1. The Kier molecular flexibility index (Phi) is 7.25. The molecule has 1 unspecified atom stereocenters. The molecule has 0 fully saturated rings. The van der Waals surface area contributed by atoms with Gasteiger partial charge in [0.15, 0.2) is 11.5 Å². The summed E-state index contributed by atoms with van der Waals surface area (Å²) in [5, 5.41) is 20.9. The van der Waals surface area contributed by atoms with Gasteiger partial charge in [0.25, 0.3) is 5.69 Å². The molecule has 1 aliphatic rings. The maximum Gasteiger partial charge on any atom is 0.343 e. The number of nitro groups is 1. The van der Waals surface area contributed by atoms with Gasteiger partial charge >= 0.3 is 5.97 Å². The minimum atomic E-state index is -0.773. The molecule has 0 bridgehead atoms. The molecule has 3 aromatic carbocycles. The van der Waals surface area contributed by atoms with Gasteiger partial charge in [0.05, 0.1) is 29.6 Å². The molecule has 0 saturated heterocycles. The highest BCUT2D eigenvalue weighted by atomic mass is 16.6. The summed E-state index contributed by atoms with van der Waals surface area (Å²) >= 11 is 0. The van der Waals surface area contributed by atoms with E-state index in [1.807, 2.05) is 19.9 Å². The molecular formula is C27H23N3O7. The van der Waals surface area contributed by atoms with Crippen molar-refractivity contribution >= 4 is 11.7 Å². The zero-order valence-corrected chi connectivity index (χ0v) is 20.1. The van der Waals surface area contributed by atoms with E-state index in [0.29, 0.717) is 36.0 Å². The number of nitriles is 1. The third kappa shape index (κ3) is 5.16. The van der Waals surface area contributed by atoms with E-state index in [4.69, 9.17) is 24.7 Å². The zero-order valence-electron chi connectivity index (χ0n) is 20.1. The van der Waals surface area contributed by atoms with Gasteiger partial charge in [-0.1, -0.05) is 18.2 Å². The number of hydrogen-bond acceptors (Lipinski definition) is 9. The number of rotatable bonds is 8. The Bertz CT molecular complexity index is 1440. The van der Waals surface area contributed by atoms with Crippen LogP contribution in [0.1, 0.15) is 41.3 Å². The predicted octanol–water partition coefficient (Wildman–Crippen LogP) is 4.83. The first-order valence-electron chi connectivity index (χ1n) is 11.4. The van der Waals surface area contributed by atoms with Gasteiger partial charge in [0.1, 0.15) is 23.1 Å². The van der Waals surface area contributed by atoms with Crippen LogP contribution in [0, 0.1) is 21.4 Å².